The van der Waals surface area contributed by atoms with Gasteiger partial charge in [0.2, 0.25) is 5.91 Å². The first-order valence-corrected chi connectivity index (χ1v) is 9.79. The summed E-state index contributed by atoms with van der Waals surface area (Å²) in [5.41, 5.74) is 3.32. The number of fused-ring (bicyclic) bond motifs is 1. The van der Waals surface area contributed by atoms with Crippen molar-refractivity contribution in [1.29, 1.82) is 0 Å². The fourth-order valence-electron chi connectivity index (χ4n) is 3.81. The van der Waals surface area contributed by atoms with Gasteiger partial charge >= 0.3 is 0 Å². The van der Waals surface area contributed by atoms with Crippen LogP contribution in [0.5, 0.6) is 5.75 Å². The van der Waals surface area contributed by atoms with Gasteiger partial charge in [0.1, 0.15) is 11.9 Å². The van der Waals surface area contributed by atoms with Gasteiger partial charge in [-0.25, -0.2) is 0 Å². The average molecular weight is 362 g/mol. The zero-order valence-electron chi connectivity index (χ0n) is 15.6. The Bertz CT molecular complexity index is 816. The first-order chi connectivity index (χ1) is 13.3. The smallest absolute Gasteiger partial charge is 0.246 e. The van der Waals surface area contributed by atoms with E-state index in [0.717, 1.165) is 50.2 Å². The van der Waals surface area contributed by atoms with Crippen LogP contribution in [0.4, 0.5) is 0 Å². The van der Waals surface area contributed by atoms with Gasteiger partial charge in [-0.3, -0.25) is 9.69 Å². The minimum atomic E-state index is -0.0110. The summed E-state index contributed by atoms with van der Waals surface area (Å²) < 4.78 is 6.34. The van der Waals surface area contributed by atoms with Crippen LogP contribution >= 0.6 is 0 Å². The van der Waals surface area contributed by atoms with Crippen molar-refractivity contribution in [2.45, 2.75) is 31.9 Å². The molecule has 1 amide bonds. The molecule has 2 aliphatic rings. The zero-order chi connectivity index (χ0) is 18.5. The molecule has 0 spiro atoms. The number of hydrogen-bond donors (Lipinski definition) is 1. The van der Waals surface area contributed by atoms with Crippen molar-refractivity contribution in [2.24, 2.45) is 0 Å². The normalized spacial score (nSPS) is 19.6. The Kier molecular flexibility index (Phi) is 5.54. The van der Waals surface area contributed by atoms with Crippen molar-refractivity contribution in [1.82, 2.24) is 10.2 Å². The molecule has 0 saturated carbocycles. The summed E-state index contributed by atoms with van der Waals surface area (Å²) in [6.07, 6.45) is 5.09. The number of carbonyl (C=O) groups is 1. The molecule has 1 N–H and O–H groups in total. The van der Waals surface area contributed by atoms with Gasteiger partial charge in [-0.15, -0.1) is 0 Å². The third-order valence-electron chi connectivity index (χ3n) is 5.28. The molecule has 2 aromatic carbocycles. The van der Waals surface area contributed by atoms with Crippen LogP contribution in [0.15, 0.2) is 66.2 Å². The molecule has 1 heterocycles. The number of amides is 1. The number of rotatable bonds is 5. The largest absolute Gasteiger partial charge is 0.484 e. The molecule has 4 rings (SSSR count). The lowest BCUT2D eigenvalue weighted by Gasteiger charge is -2.24. The molecule has 1 unspecified atom stereocenters. The van der Waals surface area contributed by atoms with E-state index in [-0.39, 0.29) is 12.0 Å². The zero-order valence-corrected chi connectivity index (χ0v) is 15.6. The number of ether oxygens (including phenoxy) is 1. The van der Waals surface area contributed by atoms with E-state index in [2.05, 4.69) is 52.7 Å². The number of benzene rings is 2. The van der Waals surface area contributed by atoms with Crippen LogP contribution in [-0.4, -0.2) is 30.4 Å². The van der Waals surface area contributed by atoms with Gasteiger partial charge in [-0.05, 0) is 30.9 Å². The van der Waals surface area contributed by atoms with Crippen LogP contribution in [0.2, 0.25) is 0 Å². The molecule has 0 bridgehead atoms. The Balaban J connectivity index is 1.44. The fraction of sp³-hybridized carbons (Fsp3) is 0.348. The lowest BCUT2D eigenvalue weighted by molar-refractivity contribution is -0.117. The predicted octanol–water partition coefficient (Wildman–Crippen LogP) is 3.85. The SMILES string of the molecule is O=C(NCCN1Cc2ccccc2OC(c2ccccc2)C1)C1=CCCC1. The summed E-state index contributed by atoms with van der Waals surface area (Å²) in [5.74, 6) is 1.05. The van der Waals surface area contributed by atoms with Crippen LogP contribution < -0.4 is 10.1 Å². The number of carbonyl (C=O) groups excluding carboxylic acids is 1. The van der Waals surface area contributed by atoms with Crippen molar-refractivity contribution >= 4 is 5.91 Å². The lowest BCUT2D eigenvalue weighted by atomic mass is 10.1. The van der Waals surface area contributed by atoms with Crippen molar-refractivity contribution in [3.05, 3.63) is 77.4 Å². The van der Waals surface area contributed by atoms with Crippen molar-refractivity contribution in [3.63, 3.8) is 0 Å². The maximum atomic E-state index is 12.2. The Morgan fingerprint density at radius 3 is 2.74 bits per heavy atom. The maximum absolute atomic E-state index is 12.2. The molecule has 4 nitrogen and oxygen atoms in total. The molecule has 1 aliphatic carbocycles. The van der Waals surface area contributed by atoms with Gasteiger partial charge in [0.05, 0.1) is 0 Å². The van der Waals surface area contributed by atoms with E-state index in [1.165, 1.54) is 11.1 Å². The van der Waals surface area contributed by atoms with Gasteiger partial charge in [-0.2, -0.15) is 0 Å². The molecule has 27 heavy (non-hydrogen) atoms. The summed E-state index contributed by atoms with van der Waals surface area (Å²) >= 11 is 0. The minimum Gasteiger partial charge on any atom is -0.484 e. The number of allylic oxidation sites excluding steroid dienone is 1. The topological polar surface area (TPSA) is 41.6 Å². The molecule has 0 aromatic heterocycles. The molecular weight excluding hydrogens is 336 g/mol. The second-order valence-corrected chi connectivity index (χ2v) is 7.24. The minimum absolute atomic E-state index is 0.0110. The third kappa shape index (κ3) is 4.40. The van der Waals surface area contributed by atoms with Crippen LogP contribution in [-0.2, 0) is 11.3 Å². The van der Waals surface area contributed by atoms with Crippen LogP contribution in [0.3, 0.4) is 0 Å². The van der Waals surface area contributed by atoms with Gasteiger partial charge in [-0.1, -0.05) is 54.6 Å². The molecule has 0 fully saturated rings. The third-order valence-corrected chi connectivity index (χ3v) is 5.28. The Hall–Kier alpha value is -2.59. The predicted molar refractivity (Wildman–Crippen MR) is 106 cm³/mol. The number of nitrogens with zero attached hydrogens (tertiary/aromatic N) is 1. The summed E-state index contributed by atoms with van der Waals surface area (Å²) in [7, 11) is 0. The maximum Gasteiger partial charge on any atom is 0.246 e. The molecule has 0 saturated heterocycles. The van der Waals surface area contributed by atoms with E-state index < -0.39 is 0 Å². The second kappa shape index (κ2) is 8.40. The summed E-state index contributed by atoms with van der Waals surface area (Å²) in [6.45, 7) is 3.09. The van der Waals surface area contributed by atoms with Gasteiger partial charge < -0.3 is 10.1 Å². The molecule has 2 aromatic rings. The highest BCUT2D eigenvalue weighted by Crippen LogP contribution is 2.30. The standard InChI is InChI=1S/C23H26N2O2/c26-23(19-10-4-5-11-19)24-14-15-25-16-20-12-6-7-13-21(20)27-22(17-25)18-8-2-1-3-9-18/h1-3,6-10,12-13,22H,4-5,11,14-17H2,(H,24,26). The van der Waals surface area contributed by atoms with Gasteiger partial charge in [0.25, 0.3) is 0 Å². The quantitative estimate of drug-likeness (QED) is 0.878. The summed E-state index contributed by atoms with van der Waals surface area (Å²) in [6, 6.07) is 18.6. The molecule has 0 radical (unpaired) electrons. The van der Waals surface area contributed by atoms with Crippen LogP contribution in [0.1, 0.15) is 36.5 Å². The molecular formula is C23H26N2O2. The molecule has 4 heteroatoms. The highest BCUT2D eigenvalue weighted by atomic mass is 16.5. The average Bonchev–Trinajstić information content (AvgIpc) is 3.17. The summed E-state index contributed by atoms with van der Waals surface area (Å²) in [4.78, 5) is 14.6. The monoisotopic (exact) mass is 362 g/mol. The van der Waals surface area contributed by atoms with E-state index in [1.807, 2.05) is 18.2 Å². The highest BCUT2D eigenvalue weighted by molar-refractivity contribution is 5.93. The molecule has 1 atom stereocenters. The Morgan fingerprint density at radius 2 is 1.93 bits per heavy atom. The first-order valence-electron chi connectivity index (χ1n) is 9.79. The number of para-hydroxylation sites is 1. The van der Waals surface area contributed by atoms with Gasteiger partial charge in [0.15, 0.2) is 0 Å². The van der Waals surface area contributed by atoms with Crippen molar-refractivity contribution < 1.29 is 9.53 Å². The number of nitrogens with one attached hydrogen (secondary N) is 1. The van der Waals surface area contributed by atoms with Crippen molar-refractivity contribution in [2.75, 3.05) is 19.6 Å². The number of hydrogen-bond acceptors (Lipinski definition) is 3. The molecule has 1 aliphatic heterocycles. The first kappa shape index (κ1) is 17.8. The van der Waals surface area contributed by atoms with E-state index >= 15 is 0 Å². The van der Waals surface area contributed by atoms with E-state index in [0.29, 0.717) is 6.54 Å². The molecule has 140 valence electrons. The van der Waals surface area contributed by atoms with Crippen LogP contribution in [0.25, 0.3) is 0 Å². The van der Waals surface area contributed by atoms with E-state index in [4.69, 9.17) is 4.74 Å². The highest BCUT2D eigenvalue weighted by Gasteiger charge is 2.24. The van der Waals surface area contributed by atoms with E-state index in [9.17, 15) is 4.79 Å². The van der Waals surface area contributed by atoms with Crippen LogP contribution in [0, 0.1) is 0 Å². The second-order valence-electron chi connectivity index (χ2n) is 7.24. The van der Waals surface area contributed by atoms with Gasteiger partial charge in [0, 0.05) is 37.3 Å². The Morgan fingerprint density at radius 1 is 1.11 bits per heavy atom. The lowest BCUT2D eigenvalue weighted by Crippen LogP contribution is -2.36. The fourth-order valence-corrected chi connectivity index (χ4v) is 3.81. The summed E-state index contributed by atoms with van der Waals surface area (Å²) in [5, 5.41) is 3.08. The Labute approximate surface area is 160 Å². The van der Waals surface area contributed by atoms with Crippen molar-refractivity contribution in [3.8, 4) is 5.75 Å². The van der Waals surface area contributed by atoms with E-state index in [1.54, 1.807) is 0 Å².